The molecule has 5 aromatic carbocycles. The number of ether oxygens (including phenoxy) is 3. The smallest absolute Gasteiger partial charge is 0.338 e. The van der Waals surface area contributed by atoms with Gasteiger partial charge in [0.1, 0.15) is 11.5 Å². The van der Waals surface area contributed by atoms with Crippen molar-refractivity contribution in [3.8, 4) is 11.5 Å². The Bertz CT molecular complexity index is 2150. The van der Waals surface area contributed by atoms with E-state index in [0.29, 0.717) is 45.0 Å². The Balaban J connectivity index is 1.45. The standard InChI is InChI=1S/C45H37NO7/c1-27(2)53-42(49)30-15-21-33(22-16-30)46-40(47)38-39(41(46)48)45(32-13-9-6-10-14-32)37(29-19-25-35(52-4)26-20-29)36(28-17-23-34(51-3)24-18-28)44(38,43(45)50)31-11-7-5-8-12-31/h5-27,38-39H,1-4H3/t38-,39-,44-,45-/m1/s1. The number of hydrogen-bond donors (Lipinski definition) is 0. The zero-order chi connectivity index (χ0) is 37.1. The molecule has 1 heterocycles. The summed E-state index contributed by atoms with van der Waals surface area (Å²) in [6.45, 7) is 3.53. The van der Waals surface area contributed by atoms with E-state index in [4.69, 9.17) is 14.2 Å². The van der Waals surface area contributed by atoms with Crippen molar-refractivity contribution in [2.45, 2.75) is 30.8 Å². The predicted octanol–water partition coefficient (Wildman–Crippen LogP) is 7.46. The van der Waals surface area contributed by atoms with Gasteiger partial charge in [-0.2, -0.15) is 0 Å². The van der Waals surface area contributed by atoms with Gasteiger partial charge in [-0.05, 0) is 95.8 Å². The van der Waals surface area contributed by atoms with Crippen molar-refractivity contribution in [2.75, 3.05) is 19.1 Å². The Kier molecular flexibility index (Phi) is 8.13. The largest absolute Gasteiger partial charge is 0.497 e. The van der Waals surface area contributed by atoms with Crippen LogP contribution >= 0.6 is 0 Å². The lowest BCUT2D eigenvalue weighted by Crippen LogP contribution is -2.45. The Hall–Kier alpha value is -6.28. The molecular formula is C45H37NO7. The van der Waals surface area contributed by atoms with Crippen LogP contribution in [0.25, 0.3) is 11.1 Å². The summed E-state index contributed by atoms with van der Waals surface area (Å²) in [6, 6.07) is 40.0. The molecule has 0 unspecified atom stereocenters. The van der Waals surface area contributed by atoms with Crippen LogP contribution in [0.2, 0.25) is 0 Å². The molecular weight excluding hydrogens is 666 g/mol. The van der Waals surface area contributed by atoms with Gasteiger partial charge < -0.3 is 14.2 Å². The zero-order valence-corrected chi connectivity index (χ0v) is 29.7. The predicted molar refractivity (Wildman–Crippen MR) is 201 cm³/mol. The van der Waals surface area contributed by atoms with Gasteiger partial charge >= 0.3 is 5.97 Å². The second-order valence-corrected chi connectivity index (χ2v) is 13.9. The highest BCUT2D eigenvalue weighted by Crippen LogP contribution is 2.74. The fourth-order valence-electron chi connectivity index (χ4n) is 8.92. The third kappa shape index (κ3) is 4.74. The van der Waals surface area contributed by atoms with Crippen molar-refractivity contribution in [3.63, 3.8) is 0 Å². The highest BCUT2D eigenvalue weighted by molar-refractivity contribution is 6.39. The van der Waals surface area contributed by atoms with Gasteiger partial charge in [0.05, 0.1) is 54.2 Å². The lowest BCUT2D eigenvalue weighted by molar-refractivity contribution is -0.130. The lowest BCUT2D eigenvalue weighted by Gasteiger charge is -2.39. The molecule has 1 saturated heterocycles. The van der Waals surface area contributed by atoms with Crippen LogP contribution in [0.3, 0.4) is 0 Å². The van der Waals surface area contributed by atoms with Crippen LogP contribution in [0.1, 0.15) is 46.5 Å². The molecule has 0 aromatic heterocycles. The van der Waals surface area contributed by atoms with Crippen molar-refractivity contribution in [1.29, 1.82) is 0 Å². The number of amides is 2. The maximum absolute atomic E-state index is 16.1. The number of rotatable bonds is 9. The molecule has 5 aromatic rings. The van der Waals surface area contributed by atoms with Gasteiger partial charge in [0.25, 0.3) is 0 Å². The number of allylic oxidation sites excluding steroid dienone is 2. The summed E-state index contributed by atoms with van der Waals surface area (Å²) >= 11 is 0. The molecule has 8 rings (SSSR count). The fourth-order valence-corrected chi connectivity index (χ4v) is 8.92. The number of esters is 1. The van der Waals surface area contributed by atoms with Gasteiger partial charge in [-0.15, -0.1) is 0 Å². The highest BCUT2D eigenvalue weighted by Gasteiger charge is 2.82. The first kappa shape index (κ1) is 33.8. The number of carbonyl (C=O) groups excluding carboxylic acids is 4. The maximum atomic E-state index is 16.1. The second-order valence-electron chi connectivity index (χ2n) is 13.9. The minimum Gasteiger partial charge on any atom is -0.497 e. The molecule has 1 aliphatic heterocycles. The number of methoxy groups -OCH3 is 2. The number of Topliss-reactive ketones (excluding diaryl/α,β-unsaturated/α-hetero) is 1. The van der Waals surface area contributed by atoms with Crippen LogP contribution in [0, 0.1) is 11.8 Å². The summed E-state index contributed by atoms with van der Waals surface area (Å²) < 4.78 is 16.4. The topological polar surface area (TPSA) is 99.2 Å². The number of anilines is 1. The van der Waals surface area contributed by atoms with Gasteiger partial charge in [0.15, 0.2) is 5.78 Å². The number of imide groups is 1. The van der Waals surface area contributed by atoms with E-state index in [0.717, 1.165) is 11.1 Å². The second kappa shape index (κ2) is 12.7. The first-order valence-corrected chi connectivity index (χ1v) is 17.6. The molecule has 53 heavy (non-hydrogen) atoms. The third-order valence-corrected chi connectivity index (χ3v) is 10.9. The number of carbonyl (C=O) groups is 4. The van der Waals surface area contributed by atoms with E-state index in [2.05, 4.69) is 0 Å². The summed E-state index contributed by atoms with van der Waals surface area (Å²) in [4.78, 5) is 60.5. The van der Waals surface area contributed by atoms with Crippen LogP contribution < -0.4 is 14.4 Å². The molecule has 8 nitrogen and oxygen atoms in total. The van der Waals surface area contributed by atoms with E-state index >= 15 is 14.4 Å². The quantitative estimate of drug-likeness (QED) is 0.116. The average molecular weight is 704 g/mol. The van der Waals surface area contributed by atoms with Gasteiger partial charge in [-0.3, -0.25) is 14.4 Å². The first-order valence-electron chi connectivity index (χ1n) is 17.6. The Morgan fingerprint density at radius 3 is 1.38 bits per heavy atom. The normalized spacial score (nSPS) is 23.1. The van der Waals surface area contributed by atoms with Crippen molar-refractivity contribution in [1.82, 2.24) is 0 Å². The lowest BCUT2D eigenvalue weighted by atomic mass is 9.59. The van der Waals surface area contributed by atoms with Crippen molar-refractivity contribution in [2.24, 2.45) is 11.8 Å². The van der Waals surface area contributed by atoms with E-state index in [1.807, 2.05) is 109 Å². The summed E-state index contributed by atoms with van der Waals surface area (Å²) in [5.41, 5.74) is 1.54. The number of ketones is 1. The van der Waals surface area contributed by atoms with Crippen LogP contribution in [-0.4, -0.2) is 43.9 Å². The molecule has 0 spiro atoms. The van der Waals surface area contributed by atoms with Crippen LogP contribution in [-0.2, 0) is 30.0 Å². The van der Waals surface area contributed by atoms with Gasteiger partial charge in [-0.25, -0.2) is 9.69 Å². The van der Waals surface area contributed by atoms with E-state index < -0.39 is 40.4 Å². The number of hydrogen-bond acceptors (Lipinski definition) is 7. The molecule has 2 fully saturated rings. The zero-order valence-electron chi connectivity index (χ0n) is 29.7. The van der Waals surface area contributed by atoms with Crippen molar-refractivity contribution in [3.05, 3.63) is 161 Å². The van der Waals surface area contributed by atoms with E-state index in [1.54, 1.807) is 52.3 Å². The molecule has 2 bridgehead atoms. The van der Waals surface area contributed by atoms with Gasteiger partial charge in [0, 0.05) is 0 Å². The molecule has 264 valence electrons. The molecule has 0 N–H and O–H groups in total. The van der Waals surface area contributed by atoms with Crippen molar-refractivity contribution < 1.29 is 33.4 Å². The van der Waals surface area contributed by atoms with Crippen LogP contribution in [0.5, 0.6) is 11.5 Å². The average Bonchev–Trinajstić information content (AvgIpc) is 3.70. The van der Waals surface area contributed by atoms with Gasteiger partial charge in [0.2, 0.25) is 11.8 Å². The summed E-state index contributed by atoms with van der Waals surface area (Å²) in [6.07, 6.45) is -0.313. The number of benzene rings is 5. The fraction of sp³-hybridized carbons (Fsp3) is 0.200. The summed E-state index contributed by atoms with van der Waals surface area (Å²) in [5, 5.41) is 0. The van der Waals surface area contributed by atoms with E-state index in [9.17, 15) is 4.79 Å². The molecule has 0 radical (unpaired) electrons. The maximum Gasteiger partial charge on any atom is 0.338 e. The monoisotopic (exact) mass is 703 g/mol. The number of nitrogens with zero attached hydrogens (tertiary/aromatic N) is 1. The van der Waals surface area contributed by atoms with Crippen LogP contribution in [0.4, 0.5) is 5.69 Å². The molecule has 1 saturated carbocycles. The molecule has 8 heteroatoms. The van der Waals surface area contributed by atoms with Crippen LogP contribution in [0.15, 0.2) is 133 Å². The molecule has 2 aliphatic carbocycles. The minimum absolute atomic E-state index is 0.220. The van der Waals surface area contributed by atoms with E-state index in [-0.39, 0.29) is 11.9 Å². The number of fused-ring (bicyclic) bond motifs is 5. The molecule has 3 aliphatic rings. The molecule has 4 atom stereocenters. The summed E-state index contributed by atoms with van der Waals surface area (Å²) in [7, 11) is 3.19. The van der Waals surface area contributed by atoms with Gasteiger partial charge in [-0.1, -0.05) is 84.9 Å². The minimum atomic E-state index is -1.56. The molecule has 2 amide bonds. The highest BCUT2D eigenvalue weighted by atomic mass is 16.5. The summed E-state index contributed by atoms with van der Waals surface area (Å²) in [5.74, 6) is -2.59. The Labute approximate surface area is 307 Å². The third-order valence-electron chi connectivity index (χ3n) is 10.9. The van der Waals surface area contributed by atoms with E-state index in [1.165, 1.54) is 4.90 Å². The first-order chi connectivity index (χ1) is 25.7. The SMILES string of the molecule is COc1ccc(C2=C(c3ccc(OC)cc3)[C@@]3(c4ccccc4)C(=O)[C@@]2(c2ccccc2)[C@H]2C(=O)N(c4ccc(C(=O)OC(C)C)cc4)C(=O)[C@@H]23)cc1. The van der Waals surface area contributed by atoms with Crippen molar-refractivity contribution >= 4 is 40.4 Å². The Morgan fingerprint density at radius 2 is 1.00 bits per heavy atom. The Morgan fingerprint density at radius 1 is 0.585 bits per heavy atom.